The van der Waals surface area contributed by atoms with Gasteiger partial charge in [-0.1, -0.05) is 20.8 Å². The van der Waals surface area contributed by atoms with Crippen molar-refractivity contribution in [2.75, 3.05) is 11.9 Å². The van der Waals surface area contributed by atoms with Gasteiger partial charge in [-0.05, 0) is 54.0 Å². The normalized spacial score (nSPS) is 22.1. The van der Waals surface area contributed by atoms with Gasteiger partial charge in [-0.25, -0.2) is 9.18 Å². The molecule has 1 heterocycles. The first-order valence-electron chi connectivity index (χ1n) is 8.90. The van der Waals surface area contributed by atoms with Crippen molar-refractivity contribution >= 4 is 11.8 Å². The second-order valence-corrected chi connectivity index (χ2v) is 8.23. The smallest absolute Gasteiger partial charge is 0.339 e. The topological polar surface area (TPSA) is 95.3 Å². The number of carbonyl (C=O) groups is 1. The van der Waals surface area contributed by atoms with Crippen LogP contribution in [0.15, 0.2) is 30.3 Å². The van der Waals surface area contributed by atoms with E-state index in [0.29, 0.717) is 36.5 Å². The van der Waals surface area contributed by atoms with Gasteiger partial charge in [0.1, 0.15) is 23.3 Å². The van der Waals surface area contributed by atoms with Gasteiger partial charge in [0.05, 0.1) is 5.69 Å². The Morgan fingerprint density at radius 3 is 2.48 bits per heavy atom. The fraction of sp³-hybridized carbons (Fsp3) is 0.450. The van der Waals surface area contributed by atoms with Crippen molar-refractivity contribution in [3.63, 3.8) is 0 Å². The lowest BCUT2D eigenvalue weighted by atomic mass is 9.54. The maximum absolute atomic E-state index is 13.5. The molecule has 0 saturated heterocycles. The Kier molecular flexibility index (Phi) is 4.80. The third kappa shape index (κ3) is 3.72. The number of alkyl halides is 1. The van der Waals surface area contributed by atoms with Crippen LogP contribution in [-0.2, 0) is 0 Å². The average Bonchev–Trinajstić information content (AvgIpc) is 2.57. The van der Waals surface area contributed by atoms with E-state index in [1.165, 1.54) is 12.1 Å². The first kappa shape index (κ1) is 19.1. The summed E-state index contributed by atoms with van der Waals surface area (Å²) in [5, 5.41) is 30.3. The van der Waals surface area contributed by atoms with E-state index >= 15 is 0 Å². The summed E-state index contributed by atoms with van der Waals surface area (Å²) in [6.45, 7) is 6.99. The van der Waals surface area contributed by atoms with Gasteiger partial charge < -0.3 is 15.5 Å². The van der Waals surface area contributed by atoms with Crippen LogP contribution in [0.2, 0.25) is 0 Å². The maximum atomic E-state index is 13.5. The molecule has 0 amide bonds. The van der Waals surface area contributed by atoms with Gasteiger partial charge in [0.15, 0.2) is 0 Å². The molecule has 3 rings (SSSR count). The molecule has 144 valence electrons. The minimum Gasteiger partial charge on any atom is -0.507 e. The van der Waals surface area contributed by atoms with Crippen molar-refractivity contribution in [2.24, 2.45) is 10.8 Å². The van der Waals surface area contributed by atoms with Crippen LogP contribution in [0.5, 0.6) is 5.75 Å². The molecule has 2 aromatic rings. The molecule has 0 radical (unpaired) electrons. The Morgan fingerprint density at radius 2 is 1.96 bits per heavy atom. The van der Waals surface area contributed by atoms with E-state index < -0.39 is 12.1 Å². The van der Waals surface area contributed by atoms with E-state index in [4.69, 9.17) is 5.11 Å². The molecule has 1 aliphatic rings. The summed E-state index contributed by atoms with van der Waals surface area (Å²) in [7, 11) is 0. The highest BCUT2D eigenvalue weighted by Crippen LogP contribution is 2.54. The summed E-state index contributed by atoms with van der Waals surface area (Å²) >= 11 is 0. The summed E-state index contributed by atoms with van der Waals surface area (Å²) in [6.07, 6.45) is 0.346. The van der Waals surface area contributed by atoms with E-state index in [1.807, 2.05) is 0 Å². The van der Waals surface area contributed by atoms with Gasteiger partial charge in [-0.3, -0.25) is 0 Å². The molecule has 0 aliphatic heterocycles. The largest absolute Gasteiger partial charge is 0.507 e. The second kappa shape index (κ2) is 6.79. The molecule has 7 heteroatoms. The van der Waals surface area contributed by atoms with Gasteiger partial charge in [-0.15, -0.1) is 10.2 Å². The molecule has 1 aromatic carbocycles. The number of aromatic hydroxyl groups is 1. The lowest BCUT2D eigenvalue weighted by molar-refractivity contribution is -0.0527. The minimum absolute atomic E-state index is 0.0186. The predicted molar refractivity (Wildman–Crippen MR) is 101 cm³/mol. The number of rotatable bonds is 5. The number of anilines is 1. The summed E-state index contributed by atoms with van der Waals surface area (Å²) in [5.41, 5.74) is 0.736. The zero-order valence-electron chi connectivity index (χ0n) is 15.7. The van der Waals surface area contributed by atoms with Crippen LogP contribution in [-0.4, -0.2) is 39.1 Å². The number of carboxylic acids is 1. The molecule has 1 aliphatic carbocycles. The Labute approximate surface area is 157 Å². The first-order chi connectivity index (χ1) is 12.6. The number of phenols is 1. The fourth-order valence-electron chi connectivity index (χ4n) is 3.52. The van der Waals surface area contributed by atoms with Gasteiger partial charge in [-0.2, -0.15) is 0 Å². The molecular formula is C20H24FN3O3. The number of halogens is 1. The maximum Gasteiger partial charge on any atom is 0.339 e. The quantitative estimate of drug-likeness (QED) is 0.730. The summed E-state index contributed by atoms with van der Waals surface area (Å²) < 4.78 is 13.5. The van der Waals surface area contributed by atoms with E-state index in [0.717, 1.165) is 0 Å². The second-order valence-electron chi connectivity index (χ2n) is 8.23. The van der Waals surface area contributed by atoms with E-state index in [2.05, 4.69) is 36.3 Å². The van der Waals surface area contributed by atoms with Gasteiger partial charge in [0.25, 0.3) is 0 Å². The van der Waals surface area contributed by atoms with Crippen LogP contribution in [0.3, 0.4) is 0 Å². The van der Waals surface area contributed by atoms with Crippen LogP contribution < -0.4 is 5.32 Å². The highest BCUT2D eigenvalue weighted by Gasteiger charge is 2.52. The Hall–Kier alpha value is -2.70. The molecule has 0 unspecified atom stereocenters. The molecule has 1 aromatic heterocycles. The molecule has 1 fully saturated rings. The minimum atomic E-state index is -1.21. The van der Waals surface area contributed by atoms with Crippen LogP contribution in [0.4, 0.5) is 10.2 Å². The fourth-order valence-corrected chi connectivity index (χ4v) is 3.52. The van der Waals surface area contributed by atoms with E-state index in [9.17, 15) is 14.3 Å². The van der Waals surface area contributed by atoms with Crippen molar-refractivity contribution in [1.82, 2.24) is 10.2 Å². The number of nitrogens with zero attached hydrogens (tertiary/aromatic N) is 2. The molecule has 0 bridgehead atoms. The molecular weight excluding hydrogens is 349 g/mol. The molecule has 3 N–H and O–H groups in total. The van der Waals surface area contributed by atoms with E-state index in [-0.39, 0.29) is 22.1 Å². The summed E-state index contributed by atoms with van der Waals surface area (Å²) in [4.78, 5) is 11.1. The van der Waals surface area contributed by atoms with Crippen LogP contribution in [0.25, 0.3) is 11.3 Å². The molecule has 6 nitrogen and oxygen atoms in total. The van der Waals surface area contributed by atoms with Crippen molar-refractivity contribution in [3.05, 3.63) is 35.9 Å². The third-order valence-electron chi connectivity index (χ3n) is 5.61. The first-order valence-corrected chi connectivity index (χ1v) is 8.90. The van der Waals surface area contributed by atoms with E-state index in [1.54, 1.807) is 18.2 Å². The monoisotopic (exact) mass is 373 g/mol. The predicted octanol–water partition coefficient (Wildman–Crippen LogP) is 4.12. The number of aromatic nitrogens is 2. The highest BCUT2D eigenvalue weighted by atomic mass is 19.1. The lowest BCUT2D eigenvalue weighted by Gasteiger charge is -2.53. The van der Waals surface area contributed by atoms with Crippen molar-refractivity contribution < 1.29 is 19.4 Å². The van der Waals surface area contributed by atoms with Gasteiger partial charge >= 0.3 is 5.97 Å². The number of carboxylic acid groups (broad SMARTS) is 1. The van der Waals surface area contributed by atoms with Crippen molar-refractivity contribution in [1.29, 1.82) is 0 Å². The molecule has 1 saturated carbocycles. The van der Waals surface area contributed by atoms with Crippen molar-refractivity contribution in [3.8, 4) is 17.0 Å². The average molecular weight is 373 g/mol. The van der Waals surface area contributed by atoms with Crippen LogP contribution in [0, 0.1) is 10.8 Å². The molecule has 0 atom stereocenters. The molecule has 27 heavy (non-hydrogen) atoms. The summed E-state index contributed by atoms with van der Waals surface area (Å²) in [6, 6.07) is 7.76. The van der Waals surface area contributed by atoms with Gasteiger partial charge in [0, 0.05) is 12.1 Å². The molecule has 0 spiro atoms. The number of hydrogen-bond donors (Lipinski definition) is 3. The Morgan fingerprint density at radius 1 is 1.26 bits per heavy atom. The zero-order valence-corrected chi connectivity index (χ0v) is 15.7. The Balaban J connectivity index is 1.73. The van der Waals surface area contributed by atoms with Gasteiger partial charge in [0.2, 0.25) is 0 Å². The van der Waals surface area contributed by atoms with Crippen molar-refractivity contribution in [2.45, 2.75) is 39.8 Å². The van der Waals surface area contributed by atoms with Crippen LogP contribution >= 0.6 is 0 Å². The SMILES string of the molecule is CC(C)(C)C1(CNc2ccc(-c3ccc(O)c(C(=O)O)c3)nn2)CC(F)C1. The Bertz CT molecular complexity index is 841. The standard InChI is InChI=1S/C20H24FN3O3/c1-19(2,3)20(9-13(21)10-20)11-22-17-7-5-15(23-24-17)12-4-6-16(25)14(8-12)18(26)27/h4-8,13,25H,9-11H2,1-3H3,(H,22,24)(H,26,27). The number of nitrogens with one attached hydrogen (secondary N) is 1. The zero-order chi connectivity index (χ0) is 19.8. The van der Waals surface area contributed by atoms with Crippen LogP contribution in [0.1, 0.15) is 44.0 Å². The number of benzene rings is 1. The number of aromatic carboxylic acids is 1. The summed E-state index contributed by atoms with van der Waals surface area (Å²) in [5.74, 6) is -0.918. The third-order valence-corrected chi connectivity index (χ3v) is 5.61. The highest BCUT2D eigenvalue weighted by molar-refractivity contribution is 5.92. The lowest BCUT2D eigenvalue weighted by Crippen LogP contribution is -2.52. The number of hydrogen-bond acceptors (Lipinski definition) is 5.